The summed E-state index contributed by atoms with van der Waals surface area (Å²) in [4.78, 5) is 0. The maximum absolute atomic E-state index is 14.0. The van der Waals surface area contributed by atoms with Gasteiger partial charge in [0, 0.05) is 0 Å². The summed E-state index contributed by atoms with van der Waals surface area (Å²) in [5.74, 6) is 3.33. The molecule has 0 aromatic rings. The third-order valence-corrected chi connectivity index (χ3v) is 9.77. The lowest BCUT2D eigenvalue weighted by atomic mass is 9.46. The first kappa shape index (κ1) is 17.9. The fraction of sp³-hybridized carbons (Fsp3) is 1.00. The van der Waals surface area contributed by atoms with Gasteiger partial charge < -0.3 is 14.9 Å². The lowest BCUT2D eigenvalue weighted by Crippen LogP contribution is -2.61. The van der Waals surface area contributed by atoms with Crippen LogP contribution in [0, 0.1) is 35.0 Å². The Morgan fingerprint density at radius 3 is 2.62 bits per heavy atom. The van der Waals surface area contributed by atoms with Gasteiger partial charge in [-0.3, -0.25) is 0 Å². The Labute approximate surface area is 158 Å². The molecule has 148 valence electrons. The molecule has 9 atom stereocenters. The zero-order valence-electron chi connectivity index (χ0n) is 16.5. The topological polar surface area (TPSA) is 55.8 Å². The van der Waals surface area contributed by atoms with Crippen molar-refractivity contribution in [2.75, 3.05) is 0 Å². The maximum atomic E-state index is 14.0. The monoisotopic (exact) mass is 361 g/mol. The van der Waals surface area contributed by atoms with Crippen molar-refractivity contribution >= 4 is 0 Å². The van der Waals surface area contributed by atoms with Crippen molar-refractivity contribution in [3.63, 3.8) is 0 Å². The van der Waals surface area contributed by atoms with Gasteiger partial charge in [-0.2, -0.15) is 0 Å². The molecule has 1 aliphatic heterocycles. The number of aliphatic hydroxyl groups is 1. The van der Waals surface area contributed by atoms with Gasteiger partial charge in [0.05, 0.1) is 0 Å². The Kier molecular flexibility index (Phi) is 4.46. The van der Waals surface area contributed by atoms with Crippen molar-refractivity contribution < 1.29 is 14.9 Å². The van der Waals surface area contributed by atoms with Crippen LogP contribution in [0.4, 0.5) is 0 Å². The molecule has 4 aliphatic carbocycles. The summed E-state index contributed by atoms with van der Waals surface area (Å²) in [6.45, 7) is 2.60. The minimum Gasteiger partial charge on any atom is -0.849 e. The van der Waals surface area contributed by atoms with Crippen molar-refractivity contribution in [3.8, 4) is 0 Å². The molecular weight excluding hydrogens is 324 g/mol. The van der Waals surface area contributed by atoms with Crippen LogP contribution in [0.25, 0.3) is 0 Å². The van der Waals surface area contributed by atoms with Crippen LogP contribution in [-0.4, -0.2) is 23.1 Å². The summed E-state index contributed by atoms with van der Waals surface area (Å²) in [7, 11) is 0. The van der Waals surface area contributed by atoms with Crippen LogP contribution in [-0.2, 0) is 4.74 Å². The SMILES string of the molecule is CC12CCCCC1CCC1C2CCC2([O-])C(CCCC3OC3O)CCC12. The van der Waals surface area contributed by atoms with Gasteiger partial charge in [-0.25, -0.2) is 0 Å². The lowest BCUT2D eigenvalue weighted by Gasteiger charge is -2.63. The molecule has 0 radical (unpaired) electrons. The average molecular weight is 362 g/mol. The van der Waals surface area contributed by atoms with Gasteiger partial charge >= 0.3 is 0 Å². The highest BCUT2D eigenvalue weighted by molar-refractivity contribution is 5.10. The first-order valence-electron chi connectivity index (χ1n) is 11.6. The van der Waals surface area contributed by atoms with Crippen LogP contribution in [0.1, 0.15) is 90.4 Å². The van der Waals surface area contributed by atoms with Crippen molar-refractivity contribution in [1.82, 2.24) is 0 Å². The van der Waals surface area contributed by atoms with Gasteiger partial charge in [-0.15, -0.1) is 5.60 Å². The van der Waals surface area contributed by atoms with Crippen molar-refractivity contribution in [2.45, 2.75) is 108 Å². The zero-order chi connectivity index (χ0) is 17.9. The molecule has 5 rings (SSSR count). The summed E-state index contributed by atoms with van der Waals surface area (Å²) in [5, 5.41) is 23.3. The fourth-order valence-corrected chi connectivity index (χ4v) is 8.32. The van der Waals surface area contributed by atoms with E-state index in [1.165, 1.54) is 51.4 Å². The first-order chi connectivity index (χ1) is 12.5. The first-order valence-corrected chi connectivity index (χ1v) is 11.6. The van der Waals surface area contributed by atoms with E-state index in [4.69, 9.17) is 4.74 Å². The van der Waals surface area contributed by atoms with E-state index in [1.54, 1.807) is 0 Å². The van der Waals surface area contributed by atoms with Gasteiger partial charge in [0.1, 0.15) is 6.10 Å². The van der Waals surface area contributed by atoms with Gasteiger partial charge in [-0.1, -0.05) is 64.2 Å². The summed E-state index contributed by atoms with van der Waals surface area (Å²) < 4.78 is 5.12. The van der Waals surface area contributed by atoms with E-state index < -0.39 is 11.9 Å². The Hall–Kier alpha value is -0.120. The molecule has 1 N–H and O–H groups in total. The van der Waals surface area contributed by atoms with Gasteiger partial charge in [0.25, 0.3) is 0 Å². The molecule has 1 saturated heterocycles. The van der Waals surface area contributed by atoms with Gasteiger partial charge in [0.2, 0.25) is 0 Å². The second kappa shape index (κ2) is 6.46. The number of rotatable bonds is 4. The van der Waals surface area contributed by atoms with Crippen LogP contribution in [0.2, 0.25) is 0 Å². The number of fused-ring (bicyclic) bond motifs is 5. The van der Waals surface area contributed by atoms with E-state index in [0.717, 1.165) is 49.9 Å². The van der Waals surface area contributed by atoms with Crippen LogP contribution in [0.15, 0.2) is 0 Å². The predicted octanol–water partition coefficient (Wildman–Crippen LogP) is 4.02. The standard InChI is InChI=1S/C23H37O3/c1-22-13-3-2-5-15(22)8-10-17-18(22)12-14-23(25)16(9-11-19(17)23)6-4-7-20-21(24)26-20/h15-21,24H,2-14H2,1H3/q-1. The quantitative estimate of drug-likeness (QED) is 0.770. The molecule has 5 fully saturated rings. The van der Waals surface area contributed by atoms with Crippen LogP contribution < -0.4 is 5.11 Å². The number of hydrogen-bond acceptors (Lipinski definition) is 3. The van der Waals surface area contributed by atoms with E-state index >= 15 is 0 Å². The largest absolute Gasteiger partial charge is 0.849 e. The minimum absolute atomic E-state index is 0.0621. The molecular formula is C23H37O3-. The summed E-state index contributed by atoms with van der Waals surface area (Å²) >= 11 is 0. The molecule has 0 aromatic heterocycles. The number of hydrogen-bond donors (Lipinski definition) is 1. The third kappa shape index (κ3) is 2.71. The second-order valence-electron chi connectivity index (χ2n) is 10.7. The van der Waals surface area contributed by atoms with E-state index in [0.29, 0.717) is 17.3 Å². The zero-order valence-corrected chi connectivity index (χ0v) is 16.5. The highest BCUT2D eigenvalue weighted by Gasteiger charge is 2.57. The summed E-state index contributed by atoms with van der Waals surface area (Å²) in [6.07, 6.45) is 15.5. The molecule has 0 bridgehead atoms. The van der Waals surface area contributed by atoms with Crippen LogP contribution in [0.5, 0.6) is 0 Å². The number of aliphatic hydroxyl groups excluding tert-OH is 1. The van der Waals surface area contributed by atoms with E-state index in [1.807, 2.05) is 0 Å². The minimum atomic E-state index is -0.637. The average Bonchev–Trinajstić information content (AvgIpc) is 3.22. The van der Waals surface area contributed by atoms with Gasteiger partial charge in [0.15, 0.2) is 6.29 Å². The lowest BCUT2D eigenvalue weighted by molar-refractivity contribution is -0.512. The molecule has 3 nitrogen and oxygen atoms in total. The van der Waals surface area contributed by atoms with Gasteiger partial charge in [-0.05, 0) is 61.2 Å². The summed E-state index contributed by atoms with van der Waals surface area (Å²) in [5.41, 5.74) is -0.0952. The Morgan fingerprint density at radius 2 is 1.81 bits per heavy atom. The highest BCUT2D eigenvalue weighted by atomic mass is 16.7. The molecule has 5 aliphatic rings. The molecule has 0 aromatic carbocycles. The van der Waals surface area contributed by atoms with E-state index in [2.05, 4.69) is 6.92 Å². The molecule has 9 unspecified atom stereocenters. The predicted molar refractivity (Wildman–Crippen MR) is 99.2 cm³/mol. The molecule has 0 spiro atoms. The van der Waals surface area contributed by atoms with E-state index in [9.17, 15) is 10.2 Å². The van der Waals surface area contributed by atoms with Crippen LogP contribution >= 0.6 is 0 Å². The number of ether oxygens (including phenoxy) is 1. The Balaban J connectivity index is 1.27. The molecule has 1 heterocycles. The molecule has 26 heavy (non-hydrogen) atoms. The molecule has 3 heteroatoms. The normalized spacial score (nSPS) is 55.7. The third-order valence-electron chi connectivity index (χ3n) is 9.77. The highest BCUT2D eigenvalue weighted by Crippen LogP contribution is 2.64. The van der Waals surface area contributed by atoms with Crippen molar-refractivity contribution in [1.29, 1.82) is 0 Å². The molecule has 0 amide bonds. The second-order valence-corrected chi connectivity index (χ2v) is 10.7. The Morgan fingerprint density at radius 1 is 0.962 bits per heavy atom. The van der Waals surface area contributed by atoms with Crippen molar-refractivity contribution in [3.05, 3.63) is 0 Å². The van der Waals surface area contributed by atoms with Crippen LogP contribution in [0.3, 0.4) is 0 Å². The maximum Gasteiger partial charge on any atom is 0.181 e. The van der Waals surface area contributed by atoms with Crippen molar-refractivity contribution in [2.24, 2.45) is 35.0 Å². The smallest absolute Gasteiger partial charge is 0.181 e. The molecule has 4 saturated carbocycles. The Bertz CT molecular complexity index is 536. The summed E-state index contributed by atoms with van der Waals surface area (Å²) in [6, 6.07) is 0. The van der Waals surface area contributed by atoms with E-state index in [-0.39, 0.29) is 6.10 Å². The fourth-order valence-electron chi connectivity index (χ4n) is 8.32. The number of epoxide rings is 1.